The van der Waals surface area contributed by atoms with Crippen molar-refractivity contribution in [3.05, 3.63) is 58.0 Å². The summed E-state index contributed by atoms with van der Waals surface area (Å²) in [5.41, 5.74) is -0.0257. The van der Waals surface area contributed by atoms with Crippen LogP contribution in [0, 0.1) is 10.1 Å². The largest absolute Gasteiger partial charge is 0.478 e. The van der Waals surface area contributed by atoms with Crippen LogP contribution in [-0.2, 0) is 6.54 Å². The second-order valence-corrected chi connectivity index (χ2v) is 3.73. The van der Waals surface area contributed by atoms with E-state index in [0.717, 1.165) is 6.07 Å². The Kier molecular flexibility index (Phi) is 3.46. The third kappa shape index (κ3) is 2.89. The van der Waals surface area contributed by atoms with Crippen molar-refractivity contribution in [1.82, 2.24) is 0 Å². The quantitative estimate of drug-likeness (QED) is 0.633. The molecule has 0 radical (unpaired) electrons. The van der Waals surface area contributed by atoms with Crippen LogP contribution in [0.4, 0.5) is 11.4 Å². The molecule has 0 saturated carbocycles. The van der Waals surface area contributed by atoms with Crippen molar-refractivity contribution in [2.75, 3.05) is 5.32 Å². The monoisotopic (exact) mass is 262 g/mol. The molecule has 0 spiro atoms. The third-order valence-electron chi connectivity index (χ3n) is 2.48. The van der Waals surface area contributed by atoms with Gasteiger partial charge in [0.2, 0.25) is 0 Å². The zero-order valence-electron chi connectivity index (χ0n) is 9.70. The summed E-state index contributed by atoms with van der Waals surface area (Å²) in [7, 11) is 0. The second-order valence-electron chi connectivity index (χ2n) is 3.73. The fourth-order valence-electron chi connectivity index (χ4n) is 1.57. The Bertz CT molecular complexity index is 607. The number of anilines is 1. The second kappa shape index (κ2) is 5.21. The number of carboxylic acid groups (broad SMARTS) is 1. The molecule has 0 fully saturated rings. The molecule has 1 aromatic carbocycles. The SMILES string of the molecule is O=C(O)c1ccc([N+](=O)[O-])cc1NCc1ccco1. The van der Waals surface area contributed by atoms with Gasteiger partial charge in [0.15, 0.2) is 0 Å². The highest BCUT2D eigenvalue weighted by Gasteiger charge is 2.15. The smallest absolute Gasteiger partial charge is 0.337 e. The van der Waals surface area contributed by atoms with Gasteiger partial charge in [0.25, 0.3) is 5.69 Å². The number of carboxylic acids is 1. The minimum Gasteiger partial charge on any atom is -0.478 e. The molecule has 0 aliphatic carbocycles. The molecular formula is C12H10N2O5. The molecule has 2 aromatic rings. The summed E-state index contributed by atoms with van der Waals surface area (Å²) in [6, 6.07) is 6.95. The maximum Gasteiger partial charge on any atom is 0.337 e. The molecule has 2 rings (SSSR count). The van der Waals surface area contributed by atoms with Crippen LogP contribution in [0.25, 0.3) is 0 Å². The van der Waals surface area contributed by atoms with Gasteiger partial charge in [-0.25, -0.2) is 4.79 Å². The first-order valence-corrected chi connectivity index (χ1v) is 5.36. The maximum absolute atomic E-state index is 11.0. The summed E-state index contributed by atoms with van der Waals surface area (Å²) in [6.45, 7) is 0.244. The Hall–Kier alpha value is -2.83. The van der Waals surface area contributed by atoms with Crippen molar-refractivity contribution >= 4 is 17.3 Å². The fourth-order valence-corrected chi connectivity index (χ4v) is 1.57. The van der Waals surface area contributed by atoms with Crippen LogP contribution < -0.4 is 5.32 Å². The number of nitro benzene ring substituents is 1. The summed E-state index contributed by atoms with van der Waals surface area (Å²) >= 11 is 0. The number of hydrogen-bond donors (Lipinski definition) is 2. The molecule has 7 heteroatoms. The molecule has 0 atom stereocenters. The molecule has 1 aromatic heterocycles. The van der Waals surface area contributed by atoms with Crippen LogP contribution >= 0.6 is 0 Å². The van der Waals surface area contributed by atoms with Crippen molar-refractivity contribution in [2.45, 2.75) is 6.54 Å². The van der Waals surface area contributed by atoms with Crippen LogP contribution in [0.2, 0.25) is 0 Å². The first-order valence-electron chi connectivity index (χ1n) is 5.36. The van der Waals surface area contributed by atoms with Crippen LogP contribution in [0.5, 0.6) is 0 Å². The lowest BCUT2D eigenvalue weighted by Gasteiger charge is -2.08. The van der Waals surface area contributed by atoms with E-state index in [1.54, 1.807) is 12.1 Å². The predicted molar refractivity (Wildman–Crippen MR) is 66.1 cm³/mol. The maximum atomic E-state index is 11.0. The lowest BCUT2D eigenvalue weighted by molar-refractivity contribution is -0.384. The van der Waals surface area contributed by atoms with Crippen LogP contribution in [0.1, 0.15) is 16.1 Å². The van der Waals surface area contributed by atoms with E-state index in [-0.39, 0.29) is 23.5 Å². The Balaban J connectivity index is 2.27. The number of carbonyl (C=O) groups is 1. The molecule has 98 valence electrons. The van der Waals surface area contributed by atoms with Gasteiger partial charge in [-0.05, 0) is 18.2 Å². The highest BCUT2D eigenvalue weighted by Crippen LogP contribution is 2.23. The number of rotatable bonds is 5. The van der Waals surface area contributed by atoms with Gasteiger partial charge in [0.1, 0.15) is 5.76 Å². The highest BCUT2D eigenvalue weighted by atomic mass is 16.6. The molecule has 2 N–H and O–H groups in total. The molecule has 0 bridgehead atoms. The van der Waals surface area contributed by atoms with E-state index in [1.807, 2.05) is 0 Å². The van der Waals surface area contributed by atoms with Crippen LogP contribution in [0.15, 0.2) is 41.0 Å². The topological polar surface area (TPSA) is 106 Å². The zero-order valence-corrected chi connectivity index (χ0v) is 9.70. The number of nitrogens with one attached hydrogen (secondary N) is 1. The first-order chi connectivity index (χ1) is 9.08. The van der Waals surface area contributed by atoms with Crippen molar-refractivity contribution < 1.29 is 19.2 Å². The van der Waals surface area contributed by atoms with Gasteiger partial charge in [-0.15, -0.1) is 0 Å². The number of benzene rings is 1. The molecule has 0 aliphatic heterocycles. The molecule has 7 nitrogen and oxygen atoms in total. The Labute approximate surface area is 107 Å². The molecule has 0 amide bonds. The van der Waals surface area contributed by atoms with E-state index in [1.165, 1.54) is 18.4 Å². The number of nitro groups is 1. The van der Waals surface area contributed by atoms with Gasteiger partial charge in [0.05, 0.1) is 29.0 Å². The summed E-state index contributed by atoms with van der Waals surface area (Å²) < 4.78 is 5.09. The Morgan fingerprint density at radius 3 is 2.79 bits per heavy atom. The number of non-ortho nitro benzene ring substituents is 1. The Morgan fingerprint density at radius 1 is 1.42 bits per heavy atom. The Morgan fingerprint density at radius 2 is 2.21 bits per heavy atom. The van der Waals surface area contributed by atoms with Gasteiger partial charge < -0.3 is 14.8 Å². The van der Waals surface area contributed by atoms with Gasteiger partial charge in [-0.2, -0.15) is 0 Å². The average molecular weight is 262 g/mol. The molecule has 1 heterocycles. The van der Waals surface area contributed by atoms with Crippen LogP contribution in [-0.4, -0.2) is 16.0 Å². The summed E-state index contributed by atoms with van der Waals surface area (Å²) in [6.07, 6.45) is 1.49. The van der Waals surface area contributed by atoms with E-state index < -0.39 is 10.9 Å². The van der Waals surface area contributed by atoms with E-state index in [4.69, 9.17) is 9.52 Å². The van der Waals surface area contributed by atoms with Gasteiger partial charge in [0, 0.05) is 12.1 Å². The van der Waals surface area contributed by atoms with Crippen LogP contribution in [0.3, 0.4) is 0 Å². The standard InChI is InChI=1S/C12H10N2O5/c15-12(16)10-4-3-8(14(17)18)6-11(10)13-7-9-2-1-5-19-9/h1-6,13H,7H2,(H,15,16). The number of nitrogens with zero attached hydrogens (tertiary/aromatic N) is 1. The molecule has 0 aliphatic rings. The van der Waals surface area contributed by atoms with E-state index in [9.17, 15) is 14.9 Å². The molecule has 0 saturated heterocycles. The number of aromatic carboxylic acids is 1. The van der Waals surface area contributed by atoms with Gasteiger partial charge in [-0.1, -0.05) is 0 Å². The van der Waals surface area contributed by atoms with Gasteiger partial charge in [-0.3, -0.25) is 10.1 Å². The number of furan rings is 1. The summed E-state index contributed by atoms with van der Waals surface area (Å²) in [5, 5.41) is 22.5. The van der Waals surface area contributed by atoms with E-state index >= 15 is 0 Å². The van der Waals surface area contributed by atoms with Crippen molar-refractivity contribution in [3.8, 4) is 0 Å². The first kappa shape index (κ1) is 12.6. The highest BCUT2D eigenvalue weighted by molar-refractivity contribution is 5.94. The minimum absolute atomic E-state index is 0.0304. The summed E-state index contributed by atoms with van der Waals surface area (Å²) in [4.78, 5) is 21.1. The van der Waals surface area contributed by atoms with Crippen molar-refractivity contribution in [1.29, 1.82) is 0 Å². The zero-order chi connectivity index (χ0) is 13.8. The number of hydrogen-bond acceptors (Lipinski definition) is 5. The van der Waals surface area contributed by atoms with Gasteiger partial charge >= 0.3 is 5.97 Å². The van der Waals surface area contributed by atoms with Crippen molar-refractivity contribution in [3.63, 3.8) is 0 Å². The normalized spacial score (nSPS) is 10.1. The lowest BCUT2D eigenvalue weighted by atomic mass is 10.1. The minimum atomic E-state index is -1.16. The lowest BCUT2D eigenvalue weighted by Crippen LogP contribution is -2.06. The molecular weight excluding hydrogens is 252 g/mol. The predicted octanol–water partition coefficient (Wildman–Crippen LogP) is 2.50. The fraction of sp³-hybridized carbons (Fsp3) is 0.0833. The van der Waals surface area contributed by atoms with E-state index in [0.29, 0.717) is 5.76 Å². The molecule has 0 unspecified atom stereocenters. The molecule has 19 heavy (non-hydrogen) atoms. The van der Waals surface area contributed by atoms with E-state index in [2.05, 4.69) is 5.32 Å². The summed E-state index contributed by atoms with van der Waals surface area (Å²) in [5.74, 6) is -0.556. The van der Waals surface area contributed by atoms with Crippen molar-refractivity contribution in [2.24, 2.45) is 0 Å². The third-order valence-corrected chi connectivity index (χ3v) is 2.48. The average Bonchev–Trinajstić information content (AvgIpc) is 2.88.